The molecule has 0 aromatic heterocycles. The Labute approximate surface area is 156 Å². The molecule has 0 fully saturated rings. The number of aliphatic imine (C=N–C) groups is 1. The number of esters is 2. The maximum Gasteiger partial charge on any atom is 0.343 e. The summed E-state index contributed by atoms with van der Waals surface area (Å²) in [6.07, 6.45) is 0.758. The van der Waals surface area contributed by atoms with Crippen LogP contribution < -0.4 is 0 Å². The molecule has 25 heavy (non-hydrogen) atoms. The number of carbonyl (C=O) groups excluding carboxylic acids is 2. The third-order valence-electron chi connectivity index (χ3n) is 2.84. The predicted octanol–water partition coefficient (Wildman–Crippen LogP) is 4.66. The van der Waals surface area contributed by atoms with Crippen molar-refractivity contribution in [2.24, 2.45) is 4.99 Å². The zero-order valence-corrected chi connectivity index (χ0v) is 15.8. The van der Waals surface area contributed by atoms with Gasteiger partial charge in [-0.3, -0.25) is 4.99 Å². The van der Waals surface area contributed by atoms with Crippen molar-refractivity contribution in [1.82, 2.24) is 0 Å². The SMILES string of the molecule is CCOC(=O)c1c(Cl)ccc(N=CC(C(=O)OC(C)C)=C(C)O)c1Cl. The van der Waals surface area contributed by atoms with Crippen molar-refractivity contribution in [3.05, 3.63) is 39.1 Å². The normalized spacial score (nSPS) is 12.3. The van der Waals surface area contributed by atoms with E-state index in [0.29, 0.717) is 0 Å². The summed E-state index contributed by atoms with van der Waals surface area (Å²) >= 11 is 12.2. The third kappa shape index (κ3) is 5.76. The maximum absolute atomic E-state index is 12.0. The van der Waals surface area contributed by atoms with Gasteiger partial charge in [0.2, 0.25) is 0 Å². The summed E-state index contributed by atoms with van der Waals surface area (Å²) in [5, 5.41) is 9.76. The predicted molar refractivity (Wildman–Crippen MR) is 97.1 cm³/mol. The zero-order valence-electron chi connectivity index (χ0n) is 14.3. The first kappa shape index (κ1) is 21.0. The van der Waals surface area contributed by atoms with Crippen molar-refractivity contribution >= 4 is 47.0 Å². The van der Waals surface area contributed by atoms with Crippen molar-refractivity contribution in [3.8, 4) is 0 Å². The van der Waals surface area contributed by atoms with Crippen LogP contribution in [0.1, 0.15) is 38.1 Å². The highest BCUT2D eigenvalue weighted by atomic mass is 35.5. The lowest BCUT2D eigenvalue weighted by Gasteiger charge is -2.10. The van der Waals surface area contributed by atoms with Crippen molar-refractivity contribution < 1.29 is 24.2 Å². The molecule has 0 bridgehead atoms. The number of benzene rings is 1. The van der Waals surface area contributed by atoms with Crippen molar-refractivity contribution in [2.45, 2.75) is 33.8 Å². The molecule has 0 radical (unpaired) electrons. The summed E-state index contributed by atoms with van der Waals surface area (Å²) in [7, 11) is 0. The van der Waals surface area contributed by atoms with Crippen LogP contribution in [0.4, 0.5) is 5.69 Å². The monoisotopic (exact) mass is 387 g/mol. The molecule has 1 aromatic carbocycles. The van der Waals surface area contributed by atoms with Gasteiger partial charge in [-0.1, -0.05) is 23.2 Å². The van der Waals surface area contributed by atoms with Gasteiger partial charge in [0.25, 0.3) is 0 Å². The number of aliphatic hydroxyl groups excluding tert-OH is 1. The van der Waals surface area contributed by atoms with E-state index in [1.165, 1.54) is 19.1 Å². The number of hydrogen-bond donors (Lipinski definition) is 1. The Morgan fingerprint density at radius 2 is 1.96 bits per heavy atom. The van der Waals surface area contributed by atoms with Crippen molar-refractivity contribution in [1.29, 1.82) is 0 Å². The van der Waals surface area contributed by atoms with Gasteiger partial charge >= 0.3 is 11.9 Å². The molecule has 6 nitrogen and oxygen atoms in total. The Bertz CT molecular complexity index is 722. The smallest absolute Gasteiger partial charge is 0.343 e. The number of carbonyl (C=O) groups is 2. The van der Waals surface area contributed by atoms with Crippen LogP contribution in [-0.2, 0) is 14.3 Å². The van der Waals surface area contributed by atoms with Crippen LogP contribution in [0.25, 0.3) is 0 Å². The van der Waals surface area contributed by atoms with Gasteiger partial charge in [-0.25, -0.2) is 9.59 Å². The van der Waals surface area contributed by atoms with Crippen LogP contribution in [0.3, 0.4) is 0 Å². The fourth-order valence-electron chi connectivity index (χ4n) is 1.74. The van der Waals surface area contributed by atoms with Gasteiger partial charge in [0.05, 0.1) is 34.0 Å². The van der Waals surface area contributed by atoms with E-state index in [9.17, 15) is 14.7 Å². The summed E-state index contributed by atoms with van der Waals surface area (Å²) in [4.78, 5) is 28.0. The molecule has 0 spiro atoms. The Hall–Kier alpha value is -2.05. The van der Waals surface area contributed by atoms with E-state index in [1.807, 2.05) is 0 Å². The molecule has 1 aromatic rings. The van der Waals surface area contributed by atoms with E-state index in [0.717, 1.165) is 6.21 Å². The topological polar surface area (TPSA) is 85.2 Å². The fraction of sp³-hybridized carbons (Fsp3) is 0.353. The van der Waals surface area contributed by atoms with Crippen LogP contribution in [0.15, 0.2) is 28.5 Å². The van der Waals surface area contributed by atoms with E-state index >= 15 is 0 Å². The van der Waals surface area contributed by atoms with Gasteiger partial charge in [0.1, 0.15) is 11.3 Å². The molecule has 0 saturated heterocycles. The lowest BCUT2D eigenvalue weighted by Crippen LogP contribution is -2.15. The standard InChI is InChI=1S/C17H19Cl2NO5/c1-5-24-17(23)14-12(18)6-7-13(15(14)19)20-8-11(10(4)21)16(22)25-9(2)3/h6-9,21H,5H2,1-4H3. The second-order valence-corrected chi connectivity index (χ2v) is 5.97. The molecule has 8 heteroatoms. The number of aliphatic hydroxyl groups is 1. The van der Waals surface area contributed by atoms with E-state index in [-0.39, 0.29) is 45.3 Å². The minimum Gasteiger partial charge on any atom is -0.512 e. The number of halogens is 2. The lowest BCUT2D eigenvalue weighted by molar-refractivity contribution is -0.142. The van der Waals surface area contributed by atoms with E-state index in [1.54, 1.807) is 20.8 Å². The Morgan fingerprint density at radius 3 is 2.48 bits per heavy atom. The minimum atomic E-state index is -0.727. The second-order valence-electron chi connectivity index (χ2n) is 5.19. The lowest BCUT2D eigenvalue weighted by atomic mass is 10.2. The number of hydrogen-bond acceptors (Lipinski definition) is 6. The van der Waals surface area contributed by atoms with Gasteiger partial charge in [0.15, 0.2) is 0 Å². The summed E-state index contributed by atoms with van der Waals surface area (Å²) in [5.74, 6) is -1.66. The average molecular weight is 388 g/mol. The first-order valence-corrected chi connectivity index (χ1v) is 8.24. The quantitative estimate of drug-likeness (QED) is 0.332. The van der Waals surface area contributed by atoms with Crippen molar-refractivity contribution in [3.63, 3.8) is 0 Å². The number of rotatable bonds is 6. The molecule has 0 aliphatic heterocycles. The molecular formula is C17H19Cl2NO5. The Kier molecular flexibility index (Phi) is 7.93. The van der Waals surface area contributed by atoms with Gasteiger partial charge in [0, 0.05) is 6.21 Å². The molecule has 0 aliphatic carbocycles. The van der Waals surface area contributed by atoms with Crippen LogP contribution in [0.5, 0.6) is 0 Å². The fourth-order valence-corrected chi connectivity index (χ4v) is 2.31. The largest absolute Gasteiger partial charge is 0.512 e. The molecule has 0 atom stereocenters. The molecule has 0 heterocycles. The highest BCUT2D eigenvalue weighted by molar-refractivity contribution is 6.41. The van der Waals surface area contributed by atoms with Gasteiger partial charge in [-0.2, -0.15) is 0 Å². The molecule has 136 valence electrons. The zero-order chi connectivity index (χ0) is 19.1. The van der Waals surface area contributed by atoms with E-state index in [2.05, 4.69) is 4.99 Å². The Balaban J connectivity index is 3.23. The average Bonchev–Trinajstić information content (AvgIpc) is 2.48. The molecule has 0 saturated carbocycles. The Morgan fingerprint density at radius 1 is 1.32 bits per heavy atom. The minimum absolute atomic E-state index is 0.0177. The highest BCUT2D eigenvalue weighted by Crippen LogP contribution is 2.34. The molecule has 1 rings (SSSR count). The van der Waals surface area contributed by atoms with Crippen LogP contribution in [0, 0.1) is 0 Å². The van der Waals surface area contributed by atoms with E-state index < -0.39 is 11.9 Å². The molecule has 0 aliphatic rings. The third-order valence-corrected chi connectivity index (χ3v) is 3.53. The molecule has 0 amide bonds. The van der Waals surface area contributed by atoms with Crippen LogP contribution >= 0.6 is 23.2 Å². The van der Waals surface area contributed by atoms with Gasteiger partial charge in [-0.05, 0) is 39.8 Å². The number of allylic oxidation sites excluding steroid dienone is 1. The summed E-state index contributed by atoms with van der Waals surface area (Å²) in [5.41, 5.74) is 0.0402. The first-order valence-electron chi connectivity index (χ1n) is 7.49. The molecular weight excluding hydrogens is 369 g/mol. The van der Waals surface area contributed by atoms with Crippen LogP contribution in [0.2, 0.25) is 10.0 Å². The maximum atomic E-state index is 12.0. The van der Waals surface area contributed by atoms with Crippen LogP contribution in [-0.4, -0.2) is 36.0 Å². The van der Waals surface area contributed by atoms with Gasteiger partial charge < -0.3 is 14.6 Å². The van der Waals surface area contributed by atoms with Gasteiger partial charge in [-0.15, -0.1) is 0 Å². The highest BCUT2D eigenvalue weighted by Gasteiger charge is 2.19. The molecule has 0 unspecified atom stereocenters. The number of nitrogens with zero attached hydrogens (tertiary/aromatic N) is 1. The van der Waals surface area contributed by atoms with Crippen molar-refractivity contribution in [2.75, 3.05) is 6.61 Å². The summed E-state index contributed by atoms with van der Waals surface area (Å²) < 4.78 is 9.94. The second kappa shape index (κ2) is 9.44. The number of ether oxygens (including phenoxy) is 2. The summed E-state index contributed by atoms with van der Waals surface area (Å²) in [6, 6.07) is 2.91. The summed E-state index contributed by atoms with van der Waals surface area (Å²) in [6.45, 7) is 6.51. The molecule has 1 N–H and O–H groups in total. The van der Waals surface area contributed by atoms with E-state index in [4.69, 9.17) is 32.7 Å². The first-order chi connectivity index (χ1) is 11.7.